The van der Waals surface area contributed by atoms with Crippen LogP contribution >= 0.6 is 11.8 Å². The summed E-state index contributed by atoms with van der Waals surface area (Å²) in [6.45, 7) is 18.3. The Morgan fingerprint density at radius 2 is 2.06 bits per heavy atom. The van der Waals surface area contributed by atoms with E-state index in [4.69, 9.17) is 10.7 Å². The maximum Gasteiger partial charge on any atom is 0.150 e. The molecule has 0 aromatic carbocycles. The van der Waals surface area contributed by atoms with E-state index in [0.717, 1.165) is 73.6 Å². The molecule has 1 saturated heterocycles. The zero-order chi connectivity index (χ0) is 25.8. The molecule has 1 aliphatic rings. The number of aryl methyl sites for hydroxylation is 2. The number of anilines is 1. The highest BCUT2D eigenvalue weighted by Crippen LogP contribution is 2.37. The number of fused-ring (bicyclic) bond motifs is 1. The van der Waals surface area contributed by atoms with Gasteiger partial charge in [0.1, 0.15) is 22.9 Å². The fourth-order valence-electron chi connectivity index (χ4n) is 5.14. The standard InChI is InChI=1S/C29H38N6S/c1-7-9-10-11-23-18-24(32-20(23)4)25-26-28(30)31-14-17-35(26)29(33-25)22-12-15-34(16-13-22)21(5)27(36-6)19(3)8-2/h7-8,14,17-18,22,32H,1-2,5,9-13,15-16H2,3-4,6H3,(H2,30,31)/b27-19-. The van der Waals surface area contributed by atoms with Gasteiger partial charge in [-0.25, -0.2) is 9.97 Å². The number of H-pyrrole nitrogens is 1. The average molecular weight is 503 g/mol. The van der Waals surface area contributed by atoms with Crippen molar-refractivity contribution >= 4 is 23.1 Å². The molecule has 7 heteroatoms. The first-order valence-electron chi connectivity index (χ1n) is 12.6. The molecule has 0 atom stereocenters. The minimum Gasteiger partial charge on any atom is -0.382 e. The molecule has 36 heavy (non-hydrogen) atoms. The molecule has 6 nitrogen and oxygen atoms in total. The molecule has 3 aromatic heterocycles. The third-order valence-corrected chi connectivity index (χ3v) is 8.18. The summed E-state index contributed by atoms with van der Waals surface area (Å²) in [5.41, 5.74) is 13.9. The zero-order valence-electron chi connectivity index (χ0n) is 21.8. The first kappa shape index (κ1) is 25.9. The normalized spacial score (nSPS) is 15.2. The van der Waals surface area contributed by atoms with Crippen LogP contribution in [0, 0.1) is 6.92 Å². The molecule has 0 aliphatic carbocycles. The van der Waals surface area contributed by atoms with Crippen molar-refractivity contribution in [2.75, 3.05) is 25.1 Å². The van der Waals surface area contributed by atoms with Gasteiger partial charge in [-0.2, -0.15) is 0 Å². The first-order chi connectivity index (χ1) is 17.4. The number of aromatic amines is 1. The van der Waals surface area contributed by atoms with E-state index in [1.807, 2.05) is 18.3 Å². The van der Waals surface area contributed by atoms with Crippen molar-refractivity contribution < 1.29 is 0 Å². The van der Waals surface area contributed by atoms with Crippen LogP contribution in [0.15, 0.2) is 66.5 Å². The molecule has 0 amide bonds. The SMILES string of the molecule is C=CCCCc1cc(-c2nc(C3CCN(C(=C)/C(SC)=C(\C)C=C)CC3)n3ccnc(N)c23)[nH]c1C. The lowest BCUT2D eigenvalue weighted by Gasteiger charge is -2.35. The van der Waals surface area contributed by atoms with Crippen LogP contribution in [-0.4, -0.2) is 43.6 Å². The van der Waals surface area contributed by atoms with Crippen LogP contribution in [0.5, 0.6) is 0 Å². The second-order valence-electron chi connectivity index (χ2n) is 9.49. The van der Waals surface area contributed by atoms with Gasteiger partial charge in [-0.05, 0) is 69.4 Å². The van der Waals surface area contributed by atoms with E-state index in [1.54, 1.807) is 18.0 Å². The quantitative estimate of drug-likeness (QED) is 0.185. The van der Waals surface area contributed by atoms with Gasteiger partial charge < -0.3 is 15.6 Å². The first-order valence-corrected chi connectivity index (χ1v) is 13.9. The number of unbranched alkanes of at least 4 members (excludes halogenated alkanes) is 1. The smallest absolute Gasteiger partial charge is 0.150 e. The summed E-state index contributed by atoms with van der Waals surface area (Å²) < 4.78 is 2.15. The zero-order valence-corrected chi connectivity index (χ0v) is 22.6. The Hall–Kier alpha value is -3.19. The Labute approximate surface area is 219 Å². The molecule has 3 aromatic rings. The van der Waals surface area contributed by atoms with Crippen LogP contribution in [0.25, 0.3) is 16.9 Å². The molecule has 1 fully saturated rings. The molecule has 3 N–H and O–H groups in total. The number of hydrogen-bond acceptors (Lipinski definition) is 5. The number of nitrogen functional groups attached to an aromatic ring is 1. The molecule has 0 unspecified atom stereocenters. The average Bonchev–Trinajstić information content (AvgIpc) is 3.46. The van der Waals surface area contributed by atoms with Gasteiger partial charge in [0.2, 0.25) is 0 Å². The molecule has 0 saturated carbocycles. The number of allylic oxidation sites excluding steroid dienone is 3. The number of hydrogen-bond donors (Lipinski definition) is 2. The van der Waals surface area contributed by atoms with Crippen LogP contribution in [0.1, 0.15) is 55.6 Å². The van der Waals surface area contributed by atoms with E-state index < -0.39 is 0 Å². The molecule has 0 radical (unpaired) electrons. The Balaban J connectivity index is 1.62. The van der Waals surface area contributed by atoms with Crippen molar-refractivity contribution in [1.29, 1.82) is 0 Å². The molecule has 0 spiro atoms. The largest absolute Gasteiger partial charge is 0.382 e. The molecule has 190 valence electrons. The molecule has 1 aliphatic heterocycles. The van der Waals surface area contributed by atoms with E-state index in [1.165, 1.54) is 21.7 Å². The number of likely N-dealkylation sites (tertiary alicyclic amines) is 1. The summed E-state index contributed by atoms with van der Waals surface area (Å²) in [7, 11) is 0. The third-order valence-electron chi connectivity index (χ3n) is 7.21. The van der Waals surface area contributed by atoms with Crippen LogP contribution in [0.4, 0.5) is 5.82 Å². The molecular weight excluding hydrogens is 464 g/mol. The Morgan fingerprint density at radius 1 is 1.31 bits per heavy atom. The van der Waals surface area contributed by atoms with Gasteiger partial charge in [0.05, 0.1) is 5.69 Å². The number of nitrogens with zero attached hydrogens (tertiary/aromatic N) is 4. The Kier molecular flexibility index (Phi) is 8.09. The van der Waals surface area contributed by atoms with Crippen molar-refractivity contribution in [3.63, 3.8) is 0 Å². The molecule has 4 rings (SSSR count). The summed E-state index contributed by atoms with van der Waals surface area (Å²) in [4.78, 5) is 16.7. The van der Waals surface area contributed by atoms with Gasteiger partial charge in [-0.3, -0.25) is 4.40 Å². The van der Waals surface area contributed by atoms with Crippen molar-refractivity contribution in [3.8, 4) is 11.4 Å². The van der Waals surface area contributed by atoms with Crippen LogP contribution < -0.4 is 5.73 Å². The highest BCUT2D eigenvalue weighted by atomic mass is 32.2. The number of rotatable bonds is 10. The summed E-state index contributed by atoms with van der Waals surface area (Å²) in [6.07, 6.45) is 14.9. The van der Waals surface area contributed by atoms with Gasteiger partial charge in [0, 0.05) is 47.7 Å². The maximum atomic E-state index is 6.40. The second kappa shape index (κ2) is 11.2. The number of piperidine rings is 1. The number of nitrogens with two attached hydrogens (primary N) is 1. The fraction of sp³-hybridized carbons (Fsp3) is 0.379. The van der Waals surface area contributed by atoms with Crippen molar-refractivity contribution in [3.05, 3.63) is 83.6 Å². The van der Waals surface area contributed by atoms with Crippen LogP contribution in [0.3, 0.4) is 0 Å². The number of aromatic nitrogens is 4. The minimum atomic E-state index is 0.336. The predicted molar refractivity (Wildman–Crippen MR) is 154 cm³/mol. The minimum absolute atomic E-state index is 0.336. The van der Waals surface area contributed by atoms with E-state index in [0.29, 0.717) is 11.7 Å². The Bertz CT molecular complexity index is 1300. The van der Waals surface area contributed by atoms with E-state index in [9.17, 15) is 0 Å². The number of thioether (sulfide) groups is 1. The lowest BCUT2D eigenvalue weighted by molar-refractivity contribution is 0.265. The summed E-state index contributed by atoms with van der Waals surface area (Å²) in [5, 5.41) is 0. The van der Waals surface area contributed by atoms with Crippen LogP contribution in [-0.2, 0) is 6.42 Å². The summed E-state index contributed by atoms with van der Waals surface area (Å²) in [5.74, 6) is 1.90. The maximum absolute atomic E-state index is 6.40. The topological polar surface area (TPSA) is 75.2 Å². The third kappa shape index (κ3) is 5.03. The second-order valence-corrected chi connectivity index (χ2v) is 10.3. The summed E-state index contributed by atoms with van der Waals surface area (Å²) >= 11 is 1.74. The lowest BCUT2D eigenvalue weighted by Crippen LogP contribution is -2.33. The Morgan fingerprint density at radius 3 is 2.72 bits per heavy atom. The van der Waals surface area contributed by atoms with E-state index in [-0.39, 0.29) is 0 Å². The summed E-state index contributed by atoms with van der Waals surface area (Å²) in [6, 6.07) is 2.22. The lowest BCUT2D eigenvalue weighted by atomic mass is 9.95. The van der Waals surface area contributed by atoms with E-state index >= 15 is 0 Å². The van der Waals surface area contributed by atoms with Gasteiger partial charge in [-0.15, -0.1) is 18.3 Å². The highest BCUT2D eigenvalue weighted by molar-refractivity contribution is 8.02. The monoisotopic (exact) mass is 502 g/mol. The number of nitrogens with one attached hydrogen (secondary N) is 1. The van der Waals surface area contributed by atoms with Gasteiger partial charge in [-0.1, -0.05) is 25.3 Å². The predicted octanol–water partition coefficient (Wildman–Crippen LogP) is 6.64. The van der Waals surface area contributed by atoms with Crippen LogP contribution in [0.2, 0.25) is 0 Å². The fourth-order valence-corrected chi connectivity index (χ4v) is 5.91. The molecular formula is C29H38N6S. The molecule has 0 bridgehead atoms. The highest BCUT2D eigenvalue weighted by Gasteiger charge is 2.28. The van der Waals surface area contributed by atoms with Gasteiger partial charge in [0.15, 0.2) is 0 Å². The van der Waals surface area contributed by atoms with Gasteiger partial charge >= 0.3 is 0 Å². The number of imidazole rings is 1. The van der Waals surface area contributed by atoms with E-state index in [2.05, 4.69) is 65.2 Å². The van der Waals surface area contributed by atoms with Crippen molar-refractivity contribution in [2.45, 2.75) is 51.9 Å². The van der Waals surface area contributed by atoms with Crippen molar-refractivity contribution in [2.24, 2.45) is 0 Å². The van der Waals surface area contributed by atoms with Gasteiger partial charge in [0.25, 0.3) is 0 Å². The van der Waals surface area contributed by atoms with Crippen molar-refractivity contribution in [1.82, 2.24) is 24.3 Å². The molecule has 4 heterocycles.